The van der Waals surface area contributed by atoms with Crippen LogP contribution in [0.4, 0.5) is 11.5 Å². The smallest absolute Gasteiger partial charge is 0.137 e. The zero-order valence-corrected chi connectivity index (χ0v) is 18.9. The molecule has 33 heavy (non-hydrogen) atoms. The van der Waals surface area contributed by atoms with Crippen LogP contribution in [0, 0.1) is 5.92 Å². The van der Waals surface area contributed by atoms with E-state index in [0.29, 0.717) is 5.92 Å². The van der Waals surface area contributed by atoms with Crippen molar-refractivity contribution in [2.45, 2.75) is 50.5 Å². The molecular formula is C27H31N5O. The van der Waals surface area contributed by atoms with Gasteiger partial charge in [0.25, 0.3) is 0 Å². The maximum Gasteiger partial charge on any atom is 0.137 e. The van der Waals surface area contributed by atoms with E-state index in [9.17, 15) is 4.79 Å². The third-order valence-corrected chi connectivity index (χ3v) is 7.01. The van der Waals surface area contributed by atoms with E-state index in [1.165, 1.54) is 32.0 Å². The minimum Gasteiger partial charge on any atom is -0.340 e. The van der Waals surface area contributed by atoms with Crippen LogP contribution in [0.1, 0.15) is 50.3 Å². The number of carbonyl (C=O) groups excluding carboxylic acids is 1. The van der Waals surface area contributed by atoms with Crippen molar-refractivity contribution >= 4 is 17.8 Å². The second kappa shape index (κ2) is 10.2. The molecule has 5 rings (SSSR count). The van der Waals surface area contributed by atoms with E-state index >= 15 is 0 Å². The lowest BCUT2D eigenvalue weighted by atomic mass is 9.91. The molecule has 1 saturated heterocycles. The molecule has 2 atom stereocenters. The Morgan fingerprint density at radius 3 is 2.61 bits per heavy atom. The van der Waals surface area contributed by atoms with Crippen molar-refractivity contribution in [3.8, 4) is 11.3 Å². The second-order valence-electron chi connectivity index (χ2n) is 9.23. The number of anilines is 2. The number of hydrogen-bond donors (Lipinski definition) is 1. The molecule has 1 aliphatic carbocycles. The number of pyridine rings is 1. The first-order valence-corrected chi connectivity index (χ1v) is 12.1. The van der Waals surface area contributed by atoms with Crippen LogP contribution < -0.4 is 5.32 Å². The summed E-state index contributed by atoms with van der Waals surface area (Å²) in [5.41, 5.74) is 2.83. The van der Waals surface area contributed by atoms with Crippen molar-refractivity contribution in [2.24, 2.45) is 5.92 Å². The highest BCUT2D eigenvalue weighted by molar-refractivity contribution is 5.65. The maximum absolute atomic E-state index is 12.0. The molecule has 1 N–H and O–H groups in total. The number of nitrogens with one attached hydrogen (secondary N) is 1. The summed E-state index contributed by atoms with van der Waals surface area (Å²) in [4.78, 5) is 28.6. The molecular weight excluding hydrogens is 410 g/mol. The van der Waals surface area contributed by atoms with Gasteiger partial charge in [0.2, 0.25) is 0 Å². The van der Waals surface area contributed by atoms with E-state index in [0.717, 1.165) is 54.5 Å². The lowest BCUT2D eigenvalue weighted by molar-refractivity contribution is -0.114. The first-order valence-electron chi connectivity index (χ1n) is 12.1. The van der Waals surface area contributed by atoms with Crippen molar-refractivity contribution in [1.82, 2.24) is 19.9 Å². The topological polar surface area (TPSA) is 71.0 Å². The highest BCUT2D eigenvalue weighted by Gasteiger charge is 2.34. The van der Waals surface area contributed by atoms with E-state index in [2.05, 4.69) is 15.2 Å². The molecule has 2 aromatic heterocycles. The van der Waals surface area contributed by atoms with Gasteiger partial charge in [0.15, 0.2) is 0 Å². The predicted octanol–water partition coefficient (Wildman–Crippen LogP) is 5.22. The van der Waals surface area contributed by atoms with Crippen LogP contribution in [0.2, 0.25) is 0 Å². The average molecular weight is 442 g/mol. The number of rotatable bonds is 7. The summed E-state index contributed by atoms with van der Waals surface area (Å²) in [6, 6.07) is 16.1. The van der Waals surface area contributed by atoms with Crippen LogP contribution in [0.3, 0.4) is 0 Å². The van der Waals surface area contributed by atoms with Gasteiger partial charge in [-0.25, -0.2) is 9.97 Å². The van der Waals surface area contributed by atoms with Gasteiger partial charge in [-0.05, 0) is 62.4 Å². The van der Waals surface area contributed by atoms with Gasteiger partial charge in [0.05, 0.1) is 11.7 Å². The number of aldehydes is 1. The van der Waals surface area contributed by atoms with Crippen molar-refractivity contribution in [1.29, 1.82) is 0 Å². The van der Waals surface area contributed by atoms with Crippen LogP contribution in [0.25, 0.3) is 11.3 Å². The quantitative estimate of drug-likeness (QED) is 0.507. The van der Waals surface area contributed by atoms with Crippen LogP contribution in [0.5, 0.6) is 0 Å². The molecule has 1 saturated carbocycles. The number of aromatic nitrogens is 3. The first-order chi connectivity index (χ1) is 16.3. The van der Waals surface area contributed by atoms with Gasteiger partial charge in [-0.15, -0.1) is 0 Å². The zero-order valence-electron chi connectivity index (χ0n) is 18.9. The molecule has 0 radical (unpaired) electrons. The Bertz CT molecular complexity index is 1050. The molecule has 2 aliphatic rings. The van der Waals surface area contributed by atoms with Gasteiger partial charge in [0, 0.05) is 42.2 Å². The SMILES string of the molecule is O=CC(C1CCCC1)N1CCCC(c2nc(Nc3ccccc3)cc(-c3cccnc3)n2)C1. The monoisotopic (exact) mass is 441 g/mol. The third-order valence-electron chi connectivity index (χ3n) is 7.01. The first kappa shape index (κ1) is 21.7. The van der Waals surface area contributed by atoms with Crippen LogP contribution in [-0.2, 0) is 4.79 Å². The van der Waals surface area contributed by atoms with Gasteiger partial charge < -0.3 is 10.1 Å². The number of para-hydroxylation sites is 1. The highest BCUT2D eigenvalue weighted by Crippen LogP contribution is 2.34. The van der Waals surface area contributed by atoms with Gasteiger partial charge in [-0.2, -0.15) is 0 Å². The van der Waals surface area contributed by atoms with Crippen molar-refractivity contribution < 1.29 is 4.79 Å². The minimum absolute atomic E-state index is 0.0266. The Morgan fingerprint density at radius 1 is 1.00 bits per heavy atom. The Labute approximate surface area is 195 Å². The lowest BCUT2D eigenvalue weighted by Gasteiger charge is -2.38. The molecule has 0 spiro atoms. The number of piperidine rings is 1. The summed E-state index contributed by atoms with van der Waals surface area (Å²) in [5, 5.41) is 3.44. The highest BCUT2D eigenvalue weighted by atomic mass is 16.1. The third kappa shape index (κ3) is 5.11. The molecule has 0 amide bonds. The van der Waals surface area contributed by atoms with Crippen LogP contribution in [-0.4, -0.2) is 45.3 Å². The van der Waals surface area contributed by atoms with E-state index < -0.39 is 0 Å². The zero-order chi connectivity index (χ0) is 22.5. The van der Waals surface area contributed by atoms with Crippen LogP contribution in [0.15, 0.2) is 60.9 Å². The number of benzene rings is 1. The van der Waals surface area contributed by atoms with Crippen molar-refractivity contribution in [3.63, 3.8) is 0 Å². The summed E-state index contributed by atoms with van der Waals surface area (Å²) in [6.45, 7) is 1.81. The summed E-state index contributed by atoms with van der Waals surface area (Å²) in [5.74, 6) is 2.33. The Hall–Kier alpha value is -3.12. The fourth-order valence-electron chi connectivity index (χ4n) is 5.33. The van der Waals surface area contributed by atoms with Gasteiger partial charge in [-0.1, -0.05) is 31.0 Å². The van der Waals surface area contributed by atoms with E-state index in [4.69, 9.17) is 9.97 Å². The van der Waals surface area contributed by atoms with Gasteiger partial charge in [-0.3, -0.25) is 9.88 Å². The summed E-state index contributed by atoms with van der Waals surface area (Å²) >= 11 is 0. The summed E-state index contributed by atoms with van der Waals surface area (Å²) < 4.78 is 0. The molecule has 6 nitrogen and oxygen atoms in total. The second-order valence-corrected chi connectivity index (χ2v) is 9.23. The van der Waals surface area contributed by atoms with E-state index in [1.807, 2.05) is 54.7 Å². The van der Waals surface area contributed by atoms with Gasteiger partial charge in [0.1, 0.15) is 17.9 Å². The molecule has 3 aromatic rings. The largest absolute Gasteiger partial charge is 0.340 e. The molecule has 0 bridgehead atoms. The number of likely N-dealkylation sites (tertiary alicyclic amines) is 1. The standard InChI is InChI=1S/C27H31N5O/c33-19-25(20-8-4-5-9-20)32-15-7-11-22(18-32)27-30-24(21-10-6-14-28-17-21)16-26(31-27)29-23-12-2-1-3-13-23/h1-3,6,10,12-14,16-17,19-20,22,25H,4-5,7-9,11,15,18H2,(H,29,30,31). The molecule has 2 unspecified atom stereocenters. The normalized spacial score (nSPS) is 20.4. The molecule has 1 aromatic carbocycles. The maximum atomic E-state index is 12.0. The molecule has 1 aliphatic heterocycles. The number of carbonyl (C=O) groups is 1. The van der Waals surface area contributed by atoms with Gasteiger partial charge >= 0.3 is 0 Å². The Morgan fingerprint density at radius 2 is 1.85 bits per heavy atom. The Balaban J connectivity index is 1.44. The van der Waals surface area contributed by atoms with E-state index in [1.54, 1.807) is 6.20 Å². The minimum atomic E-state index is 0.0266. The van der Waals surface area contributed by atoms with Crippen molar-refractivity contribution in [2.75, 3.05) is 18.4 Å². The summed E-state index contributed by atoms with van der Waals surface area (Å²) in [7, 11) is 0. The fraction of sp³-hybridized carbons (Fsp3) is 0.407. The lowest BCUT2D eigenvalue weighted by Crippen LogP contribution is -2.46. The predicted molar refractivity (Wildman–Crippen MR) is 130 cm³/mol. The molecule has 3 heterocycles. The van der Waals surface area contributed by atoms with Crippen molar-refractivity contribution in [3.05, 3.63) is 66.7 Å². The number of hydrogen-bond acceptors (Lipinski definition) is 6. The fourth-order valence-corrected chi connectivity index (χ4v) is 5.33. The Kier molecular flexibility index (Phi) is 6.72. The molecule has 6 heteroatoms. The van der Waals surface area contributed by atoms with E-state index in [-0.39, 0.29) is 12.0 Å². The molecule has 2 fully saturated rings. The molecule has 170 valence electrons. The summed E-state index contributed by atoms with van der Waals surface area (Å²) in [6.07, 6.45) is 11.7. The average Bonchev–Trinajstić information content (AvgIpc) is 3.40. The number of nitrogens with zero attached hydrogens (tertiary/aromatic N) is 4. The van der Waals surface area contributed by atoms with Crippen LogP contribution >= 0.6 is 0 Å².